The van der Waals surface area contributed by atoms with Gasteiger partial charge in [-0.15, -0.1) is 0 Å². The number of nitrogens with two attached hydrogens (primary N) is 1. The van der Waals surface area contributed by atoms with Crippen LogP contribution in [-0.4, -0.2) is 36.0 Å². The van der Waals surface area contributed by atoms with Crippen molar-refractivity contribution < 1.29 is 14.3 Å². The van der Waals surface area contributed by atoms with Gasteiger partial charge in [-0.3, -0.25) is 9.48 Å². The van der Waals surface area contributed by atoms with Crippen molar-refractivity contribution in [2.75, 3.05) is 31.4 Å². The van der Waals surface area contributed by atoms with E-state index >= 15 is 0 Å². The number of hydrogen-bond acceptors (Lipinski definition) is 5. The van der Waals surface area contributed by atoms with Crippen molar-refractivity contribution >= 4 is 17.4 Å². The zero-order valence-electron chi connectivity index (χ0n) is 11.8. The van der Waals surface area contributed by atoms with Crippen LogP contribution in [0.4, 0.5) is 11.5 Å². The molecule has 0 saturated heterocycles. The van der Waals surface area contributed by atoms with Gasteiger partial charge in [0.15, 0.2) is 0 Å². The Hall–Kier alpha value is -2.54. The highest BCUT2D eigenvalue weighted by atomic mass is 16.5. The van der Waals surface area contributed by atoms with Gasteiger partial charge in [-0.1, -0.05) is 6.07 Å². The Bertz CT molecular complexity index is 597. The lowest BCUT2D eigenvalue weighted by molar-refractivity contribution is -0.116. The Labute approximate surface area is 122 Å². The number of nitrogens with zero attached hydrogens (tertiary/aromatic N) is 2. The molecule has 0 aliphatic carbocycles. The average molecular weight is 290 g/mol. The predicted molar refractivity (Wildman–Crippen MR) is 79.1 cm³/mol. The van der Waals surface area contributed by atoms with Crippen molar-refractivity contribution in [1.29, 1.82) is 0 Å². The average Bonchev–Trinajstić information content (AvgIpc) is 2.84. The van der Waals surface area contributed by atoms with Crippen molar-refractivity contribution in [2.45, 2.75) is 6.54 Å². The number of ether oxygens (including phenoxy) is 2. The zero-order valence-corrected chi connectivity index (χ0v) is 11.8. The van der Waals surface area contributed by atoms with Crippen LogP contribution in [0.3, 0.4) is 0 Å². The summed E-state index contributed by atoms with van der Waals surface area (Å²) in [6, 6.07) is 8.81. The third-order valence-corrected chi connectivity index (χ3v) is 2.64. The molecule has 0 fully saturated rings. The van der Waals surface area contributed by atoms with Crippen LogP contribution in [0.2, 0.25) is 0 Å². The molecule has 2 rings (SSSR count). The molecule has 0 atom stereocenters. The number of benzene rings is 1. The predicted octanol–water partition coefficient (Wildman–Crippen LogP) is 1.13. The molecule has 0 saturated carbocycles. The fourth-order valence-corrected chi connectivity index (χ4v) is 1.72. The summed E-state index contributed by atoms with van der Waals surface area (Å²) >= 11 is 0. The van der Waals surface area contributed by atoms with Crippen molar-refractivity contribution in [1.82, 2.24) is 9.78 Å². The van der Waals surface area contributed by atoms with Crippen molar-refractivity contribution in [3.63, 3.8) is 0 Å². The Morgan fingerprint density at radius 3 is 2.95 bits per heavy atom. The standard InChI is InChI=1S/C14H18N4O3/c1-20-7-8-21-12-4-2-3-11(9-12)16-14(19)10-18-6-5-13(15)17-18/h2-6,9H,7-8,10H2,1H3,(H2,15,17)(H,16,19). The summed E-state index contributed by atoms with van der Waals surface area (Å²) in [5.74, 6) is 0.872. The number of nitrogens with one attached hydrogen (secondary N) is 1. The molecule has 0 radical (unpaired) electrons. The number of nitrogen functional groups attached to an aromatic ring is 1. The van der Waals surface area contributed by atoms with E-state index < -0.39 is 0 Å². The molecule has 0 bridgehead atoms. The summed E-state index contributed by atoms with van der Waals surface area (Å²) in [6.45, 7) is 1.07. The van der Waals surface area contributed by atoms with E-state index in [0.29, 0.717) is 30.5 Å². The van der Waals surface area contributed by atoms with Gasteiger partial charge in [0.1, 0.15) is 24.7 Å². The number of methoxy groups -OCH3 is 1. The minimum Gasteiger partial charge on any atom is -0.491 e. The first-order valence-corrected chi connectivity index (χ1v) is 6.48. The topological polar surface area (TPSA) is 91.4 Å². The van der Waals surface area contributed by atoms with E-state index in [0.717, 1.165) is 0 Å². The molecule has 0 unspecified atom stereocenters. The summed E-state index contributed by atoms with van der Waals surface area (Å²) in [5.41, 5.74) is 6.16. The lowest BCUT2D eigenvalue weighted by Crippen LogP contribution is -2.19. The fourth-order valence-electron chi connectivity index (χ4n) is 1.72. The second kappa shape index (κ2) is 7.30. The first kappa shape index (κ1) is 14.9. The van der Waals surface area contributed by atoms with Crippen LogP contribution in [0, 0.1) is 0 Å². The number of carbonyl (C=O) groups excluding carboxylic acids is 1. The molecule has 0 aliphatic heterocycles. The van der Waals surface area contributed by atoms with E-state index in [4.69, 9.17) is 15.2 Å². The van der Waals surface area contributed by atoms with Gasteiger partial charge >= 0.3 is 0 Å². The maximum atomic E-state index is 11.9. The maximum Gasteiger partial charge on any atom is 0.246 e. The first-order valence-electron chi connectivity index (χ1n) is 6.48. The van der Waals surface area contributed by atoms with E-state index in [1.165, 1.54) is 4.68 Å². The van der Waals surface area contributed by atoms with Crippen LogP contribution in [0.5, 0.6) is 5.75 Å². The molecule has 112 valence electrons. The molecular weight excluding hydrogens is 272 g/mol. The molecule has 3 N–H and O–H groups in total. The second-order valence-corrected chi connectivity index (χ2v) is 4.36. The summed E-state index contributed by atoms with van der Waals surface area (Å²) < 4.78 is 11.9. The summed E-state index contributed by atoms with van der Waals surface area (Å²) in [7, 11) is 1.61. The third-order valence-electron chi connectivity index (χ3n) is 2.64. The fraction of sp³-hybridized carbons (Fsp3) is 0.286. The number of rotatable bonds is 7. The summed E-state index contributed by atoms with van der Waals surface area (Å²) in [5, 5.41) is 6.73. The van der Waals surface area contributed by atoms with E-state index in [1.807, 2.05) is 12.1 Å². The minimum absolute atomic E-state index is 0.103. The number of anilines is 2. The van der Waals surface area contributed by atoms with Gasteiger partial charge in [-0.05, 0) is 18.2 Å². The molecular formula is C14H18N4O3. The Balaban J connectivity index is 1.89. The van der Waals surface area contributed by atoms with Gasteiger partial charge in [0.25, 0.3) is 0 Å². The normalized spacial score (nSPS) is 10.3. The van der Waals surface area contributed by atoms with E-state index in [9.17, 15) is 4.79 Å². The highest BCUT2D eigenvalue weighted by Crippen LogP contribution is 2.17. The molecule has 0 aliphatic rings. The van der Waals surface area contributed by atoms with Gasteiger partial charge in [-0.25, -0.2) is 0 Å². The van der Waals surface area contributed by atoms with E-state index in [2.05, 4.69) is 10.4 Å². The van der Waals surface area contributed by atoms with Crippen LogP contribution in [0.25, 0.3) is 0 Å². The van der Waals surface area contributed by atoms with Crippen LogP contribution < -0.4 is 15.8 Å². The van der Waals surface area contributed by atoms with Crippen LogP contribution in [0.15, 0.2) is 36.5 Å². The number of amides is 1. The molecule has 1 aromatic heterocycles. The Kier molecular flexibility index (Phi) is 5.16. The van der Waals surface area contributed by atoms with Gasteiger partial charge < -0.3 is 20.5 Å². The highest BCUT2D eigenvalue weighted by molar-refractivity contribution is 5.90. The van der Waals surface area contributed by atoms with Crippen LogP contribution in [-0.2, 0) is 16.1 Å². The third kappa shape index (κ3) is 4.81. The monoisotopic (exact) mass is 290 g/mol. The second-order valence-electron chi connectivity index (χ2n) is 4.36. The lowest BCUT2D eigenvalue weighted by Gasteiger charge is -2.09. The summed E-state index contributed by atoms with van der Waals surface area (Å²) in [4.78, 5) is 11.9. The molecule has 1 amide bonds. The largest absolute Gasteiger partial charge is 0.491 e. The first-order chi connectivity index (χ1) is 10.2. The van der Waals surface area contributed by atoms with Gasteiger partial charge in [-0.2, -0.15) is 5.10 Å². The molecule has 2 aromatic rings. The molecule has 0 spiro atoms. The van der Waals surface area contributed by atoms with Gasteiger partial charge in [0, 0.05) is 25.1 Å². The van der Waals surface area contributed by atoms with E-state index in [1.54, 1.807) is 31.5 Å². The molecule has 21 heavy (non-hydrogen) atoms. The highest BCUT2D eigenvalue weighted by Gasteiger charge is 2.05. The Morgan fingerprint density at radius 2 is 2.24 bits per heavy atom. The number of carbonyl (C=O) groups is 1. The van der Waals surface area contributed by atoms with Crippen molar-refractivity contribution in [3.8, 4) is 5.75 Å². The van der Waals surface area contributed by atoms with Crippen LogP contribution in [0.1, 0.15) is 0 Å². The van der Waals surface area contributed by atoms with Crippen molar-refractivity contribution in [3.05, 3.63) is 36.5 Å². The molecule has 7 nitrogen and oxygen atoms in total. The minimum atomic E-state index is -0.188. The SMILES string of the molecule is COCCOc1cccc(NC(=O)Cn2ccc(N)n2)c1. The van der Waals surface area contributed by atoms with Crippen molar-refractivity contribution in [2.24, 2.45) is 0 Å². The Morgan fingerprint density at radius 1 is 1.38 bits per heavy atom. The van der Waals surface area contributed by atoms with Crippen LogP contribution >= 0.6 is 0 Å². The van der Waals surface area contributed by atoms with Gasteiger partial charge in [0.2, 0.25) is 5.91 Å². The van der Waals surface area contributed by atoms with Gasteiger partial charge in [0.05, 0.1) is 6.61 Å². The molecule has 1 aromatic carbocycles. The van der Waals surface area contributed by atoms with E-state index in [-0.39, 0.29) is 12.5 Å². The molecule has 1 heterocycles. The lowest BCUT2D eigenvalue weighted by atomic mass is 10.3. The summed E-state index contributed by atoms with van der Waals surface area (Å²) in [6.07, 6.45) is 1.65. The molecule has 7 heteroatoms. The zero-order chi connectivity index (χ0) is 15.1. The maximum absolute atomic E-state index is 11.9. The number of aromatic nitrogens is 2. The smallest absolute Gasteiger partial charge is 0.246 e. The number of hydrogen-bond donors (Lipinski definition) is 2. The quantitative estimate of drug-likeness (QED) is 0.746.